The van der Waals surface area contributed by atoms with Gasteiger partial charge < -0.3 is 10.1 Å². The minimum atomic E-state index is 0.563. The average Bonchev–Trinajstić information content (AvgIpc) is 2.78. The van der Waals surface area contributed by atoms with E-state index < -0.39 is 0 Å². The summed E-state index contributed by atoms with van der Waals surface area (Å²) in [7, 11) is 0. The molecule has 2 aliphatic rings. The molecule has 2 rings (SSSR count). The lowest BCUT2D eigenvalue weighted by atomic mass is 9.88. The Morgan fingerprint density at radius 2 is 1.94 bits per heavy atom. The van der Waals surface area contributed by atoms with Crippen molar-refractivity contribution in [2.45, 2.75) is 77.4 Å². The summed E-state index contributed by atoms with van der Waals surface area (Å²) in [4.78, 5) is 0. The van der Waals surface area contributed by atoms with Crippen LogP contribution in [0.2, 0.25) is 0 Å². The lowest BCUT2D eigenvalue weighted by Crippen LogP contribution is -2.33. The van der Waals surface area contributed by atoms with Crippen molar-refractivity contribution < 1.29 is 4.74 Å². The molecule has 0 radical (unpaired) electrons. The number of hydrogen-bond acceptors (Lipinski definition) is 2. The topological polar surface area (TPSA) is 21.3 Å². The maximum Gasteiger partial charge on any atom is 0.0577 e. The van der Waals surface area contributed by atoms with Gasteiger partial charge in [-0.1, -0.05) is 33.1 Å². The van der Waals surface area contributed by atoms with Crippen molar-refractivity contribution in [1.29, 1.82) is 0 Å². The van der Waals surface area contributed by atoms with E-state index >= 15 is 0 Å². The molecule has 4 atom stereocenters. The van der Waals surface area contributed by atoms with Crippen molar-refractivity contribution in [1.82, 2.24) is 5.32 Å². The minimum Gasteiger partial charge on any atom is -0.378 e. The Labute approximate surface area is 113 Å². The largest absolute Gasteiger partial charge is 0.378 e. The molecule has 2 fully saturated rings. The smallest absolute Gasteiger partial charge is 0.0577 e. The van der Waals surface area contributed by atoms with Gasteiger partial charge in [0.1, 0.15) is 0 Å². The summed E-state index contributed by atoms with van der Waals surface area (Å²) < 4.78 is 6.11. The van der Waals surface area contributed by atoms with E-state index in [0.29, 0.717) is 6.10 Å². The molecule has 2 heteroatoms. The Morgan fingerprint density at radius 3 is 2.72 bits per heavy atom. The molecule has 0 saturated heterocycles. The number of hydrogen-bond donors (Lipinski definition) is 1. The van der Waals surface area contributed by atoms with Gasteiger partial charge in [0, 0.05) is 12.6 Å². The number of nitrogens with one attached hydrogen (secondary N) is 1. The van der Waals surface area contributed by atoms with Crippen molar-refractivity contribution in [3.63, 3.8) is 0 Å². The summed E-state index contributed by atoms with van der Waals surface area (Å²) in [6.45, 7) is 6.69. The molecule has 0 spiro atoms. The van der Waals surface area contributed by atoms with Crippen LogP contribution in [0.1, 0.15) is 65.2 Å². The number of rotatable bonds is 6. The van der Waals surface area contributed by atoms with Gasteiger partial charge in [0.15, 0.2) is 0 Å². The van der Waals surface area contributed by atoms with Gasteiger partial charge in [-0.05, 0) is 50.5 Å². The van der Waals surface area contributed by atoms with Crippen molar-refractivity contribution in [3.8, 4) is 0 Å². The van der Waals surface area contributed by atoms with Crippen molar-refractivity contribution in [2.24, 2.45) is 11.8 Å². The Balaban J connectivity index is 1.62. The van der Waals surface area contributed by atoms with Crippen LogP contribution in [0.25, 0.3) is 0 Å². The van der Waals surface area contributed by atoms with Gasteiger partial charge in [-0.3, -0.25) is 0 Å². The molecule has 106 valence electrons. The summed E-state index contributed by atoms with van der Waals surface area (Å²) in [5.74, 6) is 1.75. The lowest BCUT2D eigenvalue weighted by Gasteiger charge is -2.28. The van der Waals surface area contributed by atoms with Gasteiger partial charge in [0.2, 0.25) is 0 Å². The van der Waals surface area contributed by atoms with E-state index in [1.165, 1.54) is 51.4 Å². The molecule has 2 aliphatic carbocycles. The quantitative estimate of drug-likeness (QED) is 0.778. The molecule has 18 heavy (non-hydrogen) atoms. The zero-order valence-corrected chi connectivity index (χ0v) is 12.3. The zero-order chi connectivity index (χ0) is 12.8. The monoisotopic (exact) mass is 253 g/mol. The van der Waals surface area contributed by atoms with Gasteiger partial charge in [-0.25, -0.2) is 0 Å². The Bertz CT molecular complexity index is 231. The van der Waals surface area contributed by atoms with Crippen molar-refractivity contribution in [3.05, 3.63) is 0 Å². The van der Waals surface area contributed by atoms with Crippen LogP contribution < -0.4 is 5.32 Å². The van der Waals surface area contributed by atoms with Crippen LogP contribution in [-0.2, 0) is 4.74 Å². The van der Waals surface area contributed by atoms with Crippen LogP contribution in [0.5, 0.6) is 0 Å². The minimum absolute atomic E-state index is 0.563. The molecule has 1 N–H and O–H groups in total. The Kier molecular flexibility index (Phi) is 5.97. The van der Waals surface area contributed by atoms with E-state index in [2.05, 4.69) is 19.2 Å². The normalized spacial score (nSPS) is 37.0. The average molecular weight is 253 g/mol. The third kappa shape index (κ3) is 4.24. The predicted molar refractivity (Wildman–Crippen MR) is 76.8 cm³/mol. The maximum atomic E-state index is 6.11. The fourth-order valence-corrected chi connectivity index (χ4v) is 3.83. The zero-order valence-electron chi connectivity index (χ0n) is 12.3. The molecular weight excluding hydrogens is 222 g/mol. The van der Waals surface area contributed by atoms with Gasteiger partial charge in [-0.2, -0.15) is 0 Å². The SMILES string of the molecule is CCNC1CCCC1CCOC1CCCC(C)C1. The second-order valence-corrected chi connectivity index (χ2v) is 6.41. The third-order valence-electron chi connectivity index (χ3n) is 4.86. The molecule has 0 amide bonds. The predicted octanol–water partition coefficient (Wildman–Crippen LogP) is 3.75. The van der Waals surface area contributed by atoms with Crippen molar-refractivity contribution >= 4 is 0 Å². The molecule has 0 aliphatic heterocycles. The second-order valence-electron chi connectivity index (χ2n) is 6.41. The van der Waals surface area contributed by atoms with Crippen LogP contribution in [0.4, 0.5) is 0 Å². The van der Waals surface area contributed by atoms with Crippen LogP contribution in [-0.4, -0.2) is 25.3 Å². The molecule has 4 unspecified atom stereocenters. The molecular formula is C16H31NO. The highest BCUT2D eigenvalue weighted by atomic mass is 16.5. The number of ether oxygens (including phenoxy) is 1. The fourth-order valence-electron chi connectivity index (χ4n) is 3.83. The van der Waals surface area contributed by atoms with Crippen LogP contribution in [0.3, 0.4) is 0 Å². The maximum absolute atomic E-state index is 6.11. The van der Waals surface area contributed by atoms with Crippen molar-refractivity contribution in [2.75, 3.05) is 13.2 Å². The Morgan fingerprint density at radius 1 is 1.11 bits per heavy atom. The summed E-state index contributed by atoms with van der Waals surface area (Å²) >= 11 is 0. The highest BCUT2D eigenvalue weighted by Gasteiger charge is 2.26. The first-order valence-corrected chi connectivity index (χ1v) is 8.14. The molecule has 0 aromatic carbocycles. The van der Waals surface area contributed by atoms with E-state index in [9.17, 15) is 0 Å². The Hall–Kier alpha value is -0.0800. The fraction of sp³-hybridized carbons (Fsp3) is 1.00. The molecule has 0 heterocycles. The highest BCUT2D eigenvalue weighted by molar-refractivity contribution is 4.82. The lowest BCUT2D eigenvalue weighted by molar-refractivity contribution is 0.00833. The molecule has 2 saturated carbocycles. The summed E-state index contributed by atoms with van der Waals surface area (Å²) in [5, 5.41) is 3.63. The van der Waals surface area contributed by atoms with E-state index in [0.717, 1.165) is 31.0 Å². The van der Waals surface area contributed by atoms with Crippen LogP contribution in [0.15, 0.2) is 0 Å². The standard InChI is InChI=1S/C16H31NO/c1-3-17-16-9-5-7-14(16)10-11-18-15-8-4-6-13(2)12-15/h13-17H,3-12H2,1-2H3. The molecule has 2 nitrogen and oxygen atoms in total. The van der Waals surface area contributed by atoms with E-state index in [1.807, 2.05) is 0 Å². The van der Waals surface area contributed by atoms with Gasteiger partial charge >= 0.3 is 0 Å². The summed E-state index contributed by atoms with van der Waals surface area (Å²) in [6, 6.07) is 0.767. The molecule has 0 aromatic heterocycles. The first-order valence-electron chi connectivity index (χ1n) is 8.14. The first-order chi connectivity index (χ1) is 8.79. The first kappa shape index (κ1) is 14.3. The molecule has 0 bridgehead atoms. The van der Waals surface area contributed by atoms with Gasteiger partial charge in [0.05, 0.1) is 6.10 Å². The van der Waals surface area contributed by atoms with Gasteiger partial charge in [0.25, 0.3) is 0 Å². The summed E-state index contributed by atoms with van der Waals surface area (Å²) in [5.41, 5.74) is 0. The highest BCUT2D eigenvalue weighted by Crippen LogP contribution is 2.30. The van der Waals surface area contributed by atoms with E-state index in [-0.39, 0.29) is 0 Å². The molecule has 0 aromatic rings. The second kappa shape index (κ2) is 7.49. The van der Waals surface area contributed by atoms with Crippen LogP contribution in [0, 0.1) is 11.8 Å². The van der Waals surface area contributed by atoms with E-state index in [4.69, 9.17) is 4.74 Å². The van der Waals surface area contributed by atoms with Gasteiger partial charge in [-0.15, -0.1) is 0 Å². The third-order valence-corrected chi connectivity index (χ3v) is 4.86. The van der Waals surface area contributed by atoms with Crippen LogP contribution >= 0.6 is 0 Å². The summed E-state index contributed by atoms with van der Waals surface area (Å²) in [6.07, 6.45) is 11.4. The van der Waals surface area contributed by atoms with E-state index in [1.54, 1.807) is 0 Å².